The summed E-state index contributed by atoms with van der Waals surface area (Å²) in [5.74, 6) is 0.450. The van der Waals surface area contributed by atoms with Crippen molar-refractivity contribution < 1.29 is 4.74 Å². The molecular formula is C9H17N5OS. The van der Waals surface area contributed by atoms with Crippen LogP contribution in [0, 0.1) is 4.77 Å². The number of hydrogen-bond donors (Lipinski definition) is 2. The van der Waals surface area contributed by atoms with E-state index in [1.54, 1.807) is 0 Å². The topological polar surface area (TPSA) is 72.1 Å². The van der Waals surface area contributed by atoms with Gasteiger partial charge in [-0.15, -0.1) is 5.10 Å². The Morgan fingerprint density at radius 2 is 2.25 bits per heavy atom. The van der Waals surface area contributed by atoms with Crippen molar-refractivity contribution >= 4 is 18.2 Å². The van der Waals surface area contributed by atoms with Crippen LogP contribution in [0.4, 0.5) is 5.95 Å². The number of hydrogen-bond acceptors (Lipinski definition) is 5. The summed E-state index contributed by atoms with van der Waals surface area (Å²) < 4.78 is 7.74. The SMILES string of the molecule is CC(CN1CCOCC1)n1c(N)n[nH]c1=S. The maximum Gasteiger partial charge on any atom is 0.220 e. The zero-order chi connectivity index (χ0) is 11.5. The van der Waals surface area contributed by atoms with Gasteiger partial charge in [-0.1, -0.05) is 0 Å². The number of aromatic amines is 1. The second-order valence-corrected chi connectivity index (χ2v) is 4.41. The van der Waals surface area contributed by atoms with Crippen molar-refractivity contribution in [2.45, 2.75) is 13.0 Å². The lowest BCUT2D eigenvalue weighted by Crippen LogP contribution is -2.39. The quantitative estimate of drug-likeness (QED) is 0.753. The van der Waals surface area contributed by atoms with E-state index in [1.165, 1.54) is 0 Å². The molecule has 2 rings (SSSR count). The van der Waals surface area contributed by atoms with Crippen molar-refractivity contribution in [3.05, 3.63) is 4.77 Å². The number of nitrogens with zero attached hydrogens (tertiary/aromatic N) is 3. The Labute approximate surface area is 99.4 Å². The first-order valence-corrected chi connectivity index (χ1v) is 5.82. The van der Waals surface area contributed by atoms with E-state index in [4.69, 9.17) is 22.7 Å². The van der Waals surface area contributed by atoms with Gasteiger partial charge < -0.3 is 10.5 Å². The highest BCUT2D eigenvalue weighted by Gasteiger charge is 2.16. The summed E-state index contributed by atoms with van der Waals surface area (Å²) in [6.07, 6.45) is 0. The number of aromatic nitrogens is 3. The van der Waals surface area contributed by atoms with Crippen LogP contribution in [0.3, 0.4) is 0 Å². The van der Waals surface area contributed by atoms with E-state index in [9.17, 15) is 0 Å². The Balaban J connectivity index is 2.02. The van der Waals surface area contributed by atoms with Gasteiger partial charge in [0.15, 0.2) is 4.77 Å². The normalized spacial score (nSPS) is 19.8. The molecule has 0 radical (unpaired) electrons. The molecule has 1 unspecified atom stereocenters. The first kappa shape index (κ1) is 11.6. The number of anilines is 1. The fraction of sp³-hybridized carbons (Fsp3) is 0.778. The van der Waals surface area contributed by atoms with E-state index < -0.39 is 0 Å². The molecule has 6 nitrogen and oxygen atoms in total. The summed E-state index contributed by atoms with van der Waals surface area (Å²) in [5, 5.41) is 6.61. The molecule has 0 spiro atoms. The third-order valence-electron chi connectivity index (χ3n) is 2.80. The summed E-state index contributed by atoms with van der Waals surface area (Å²) in [6.45, 7) is 6.56. The molecule has 0 aliphatic carbocycles. The Bertz CT molecular complexity index is 395. The monoisotopic (exact) mass is 243 g/mol. The van der Waals surface area contributed by atoms with Gasteiger partial charge in [0.25, 0.3) is 0 Å². The van der Waals surface area contributed by atoms with Gasteiger partial charge >= 0.3 is 0 Å². The molecule has 1 fully saturated rings. The van der Waals surface area contributed by atoms with Gasteiger partial charge in [-0.2, -0.15) is 0 Å². The van der Waals surface area contributed by atoms with Gasteiger partial charge in [-0.25, -0.2) is 5.10 Å². The molecule has 1 aliphatic heterocycles. The summed E-state index contributed by atoms with van der Waals surface area (Å²) in [7, 11) is 0. The van der Waals surface area contributed by atoms with E-state index in [2.05, 4.69) is 22.0 Å². The van der Waals surface area contributed by atoms with Crippen molar-refractivity contribution in [1.82, 2.24) is 19.7 Å². The third-order valence-corrected chi connectivity index (χ3v) is 3.09. The Hall–Kier alpha value is -0.920. The predicted octanol–water partition coefficient (Wildman–Crippen LogP) is 0.416. The van der Waals surface area contributed by atoms with Crippen molar-refractivity contribution in [3.8, 4) is 0 Å². The molecule has 0 aromatic carbocycles. The lowest BCUT2D eigenvalue weighted by molar-refractivity contribution is 0.0326. The molecule has 0 saturated carbocycles. The Morgan fingerprint density at radius 1 is 1.56 bits per heavy atom. The van der Waals surface area contributed by atoms with Crippen LogP contribution < -0.4 is 5.73 Å². The highest BCUT2D eigenvalue weighted by molar-refractivity contribution is 7.71. The molecule has 1 aromatic heterocycles. The maximum atomic E-state index is 5.76. The lowest BCUT2D eigenvalue weighted by atomic mass is 10.3. The average molecular weight is 243 g/mol. The van der Waals surface area contributed by atoms with Crippen LogP contribution >= 0.6 is 12.2 Å². The van der Waals surface area contributed by atoms with Gasteiger partial charge in [0, 0.05) is 25.7 Å². The minimum Gasteiger partial charge on any atom is -0.379 e. The van der Waals surface area contributed by atoms with E-state index in [0.29, 0.717) is 10.7 Å². The van der Waals surface area contributed by atoms with E-state index in [0.717, 1.165) is 32.8 Å². The molecule has 90 valence electrons. The van der Waals surface area contributed by atoms with Crippen LogP contribution in [0.1, 0.15) is 13.0 Å². The van der Waals surface area contributed by atoms with Gasteiger partial charge in [-0.05, 0) is 19.1 Å². The van der Waals surface area contributed by atoms with Crippen LogP contribution in [0.25, 0.3) is 0 Å². The number of rotatable bonds is 3. The Morgan fingerprint density at radius 3 is 2.81 bits per heavy atom. The van der Waals surface area contributed by atoms with Crippen LogP contribution in [-0.2, 0) is 4.74 Å². The third kappa shape index (κ3) is 2.42. The van der Waals surface area contributed by atoms with Gasteiger partial charge in [0.2, 0.25) is 5.95 Å². The zero-order valence-corrected chi connectivity index (χ0v) is 10.2. The number of nitrogens with two attached hydrogens (primary N) is 1. The van der Waals surface area contributed by atoms with Gasteiger partial charge in [0.05, 0.1) is 13.2 Å². The maximum absolute atomic E-state index is 5.76. The number of ether oxygens (including phenoxy) is 1. The van der Waals surface area contributed by atoms with E-state index >= 15 is 0 Å². The molecule has 2 heterocycles. The molecule has 7 heteroatoms. The van der Waals surface area contributed by atoms with Crippen LogP contribution in [0.5, 0.6) is 0 Å². The molecule has 0 bridgehead atoms. The minimum absolute atomic E-state index is 0.226. The first-order chi connectivity index (χ1) is 7.68. The molecule has 16 heavy (non-hydrogen) atoms. The highest BCUT2D eigenvalue weighted by atomic mass is 32.1. The summed E-state index contributed by atoms with van der Waals surface area (Å²) >= 11 is 5.14. The number of nitrogens with one attached hydrogen (secondary N) is 1. The average Bonchev–Trinajstić information content (AvgIpc) is 2.60. The predicted molar refractivity (Wildman–Crippen MR) is 63.8 cm³/mol. The molecule has 1 saturated heterocycles. The fourth-order valence-electron chi connectivity index (χ4n) is 1.98. The second kappa shape index (κ2) is 4.94. The zero-order valence-electron chi connectivity index (χ0n) is 9.35. The van der Waals surface area contributed by atoms with E-state index in [-0.39, 0.29) is 6.04 Å². The highest BCUT2D eigenvalue weighted by Crippen LogP contribution is 2.13. The first-order valence-electron chi connectivity index (χ1n) is 5.41. The molecule has 0 amide bonds. The molecule has 1 aromatic rings. The molecule has 3 N–H and O–H groups in total. The molecule has 1 aliphatic rings. The largest absolute Gasteiger partial charge is 0.379 e. The van der Waals surface area contributed by atoms with Crippen LogP contribution in [-0.4, -0.2) is 52.5 Å². The van der Waals surface area contributed by atoms with Crippen molar-refractivity contribution in [2.24, 2.45) is 0 Å². The van der Waals surface area contributed by atoms with Crippen LogP contribution in [0.15, 0.2) is 0 Å². The van der Waals surface area contributed by atoms with Crippen molar-refractivity contribution in [2.75, 3.05) is 38.6 Å². The summed E-state index contributed by atoms with van der Waals surface area (Å²) in [4.78, 5) is 2.35. The van der Waals surface area contributed by atoms with E-state index in [1.807, 2.05) is 4.57 Å². The molecular weight excluding hydrogens is 226 g/mol. The van der Waals surface area contributed by atoms with Crippen molar-refractivity contribution in [1.29, 1.82) is 0 Å². The fourth-order valence-corrected chi connectivity index (χ4v) is 2.30. The smallest absolute Gasteiger partial charge is 0.220 e. The second-order valence-electron chi connectivity index (χ2n) is 4.02. The number of H-pyrrole nitrogens is 1. The van der Waals surface area contributed by atoms with Gasteiger partial charge in [-0.3, -0.25) is 9.47 Å². The number of nitrogen functional groups attached to an aromatic ring is 1. The lowest BCUT2D eigenvalue weighted by Gasteiger charge is -2.29. The van der Waals surface area contributed by atoms with Crippen LogP contribution in [0.2, 0.25) is 0 Å². The molecule has 1 atom stereocenters. The summed E-state index contributed by atoms with van der Waals surface area (Å²) in [6, 6.07) is 0.226. The Kier molecular flexibility index (Phi) is 3.57. The van der Waals surface area contributed by atoms with Crippen molar-refractivity contribution in [3.63, 3.8) is 0 Å². The minimum atomic E-state index is 0.226. The number of morpholine rings is 1. The standard InChI is InChI=1S/C9H17N5OS/c1-7(6-13-2-4-15-5-3-13)14-8(10)11-12-9(14)16/h7H,2-6H2,1H3,(H2,10,11)(H,12,16). The van der Waals surface area contributed by atoms with Gasteiger partial charge in [0.1, 0.15) is 0 Å². The summed E-state index contributed by atoms with van der Waals surface area (Å²) in [5.41, 5.74) is 5.76.